The molecule has 0 saturated heterocycles. The quantitative estimate of drug-likeness (QED) is 0.303. The van der Waals surface area contributed by atoms with Gasteiger partial charge >= 0.3 is 0 Å². The summed E-state index contributed by atoms with van der Waals surface area (Å²) >= 11 is 0. The zero-order valence-corrected chi connectivity index (χ0v) is 23.0. The van der Waals surface area contributed by atoms with Crippen molar-refractivity contribution in [2.24, 2.45) is 5.92 Å². The molecule has 3 atom stereocenters. The lowest BCUT2D eigenvalue weighted by molar-refractivity contribution is 0.338. The van der Waals surface area contributed by atoms with Crippen molar-refractivity contribution in [1.29, 1.82) is 0 Å². The summed E-state index contributed by atoms with van der Waals surface area (Å²) in [6.45, 7) is 0.207. The van der Waals surface area contributed by atoms with Crippen LogP contribution in [0.5, 0.6) is 11.5 Å². The molecule has 4 aromatic rings. The van der Waals surface area contributed by atoms with Gasteiger partial charge in [-0.3, -0.25) is 0 Å². The first kappa shape index (κ1) is 25.6. The second-order valence-corrected chi connectivity index (χ2v) is 14.2. The zero-order valence-electron chi connectivity index (χ0n) is 21.4. The van der Waals surface area contributed by atoms with Gasteiger partial charge in [0.1, 0.15) is 18.1 Å². The molecule has 6 nitrogen and oxygen atoms in total. The van der Waals surface area contributed by atoms with Crippen LogP contribution in [0.1, 0.15) is 12.0 Å². The van der Waals surface area contributed by atoms with Gasteiger partial charge in [-0.1, -0.05) is 54.6 Å². The molecule has 8 heteroatoms. The number of methoxy groups -OCH3 is 1. The van der Waals surface area contributed by atoms with E-state index in [2.05, 4.69) is 0 Å². The molecule has 0 fully saturated rings. The van der Waals surface area contributed by atoms with Gasteiger partial charge in [0.2, 0.25) is 0 Å². The molecule has 6 rings (SSSR count). The van der Waals surface area contributed by atoms with E-state index in [1.165, 1.54) is 12.1 Å². The van der Waals surface area contributed by atoms with E-state index in [9.17, 15) is 16.8 Å². The highest BCUT2D eigenvalue weighted by molar-refractivity contribution is 7.96. The van der Waals surface area contributed by atoms with Gasteiger partial charge in [-0.2, -0.15) is 0 Å². The molecule has 0 amide bonds. The highest BCUT2D eigenvalue weighted by atomic mass is 32.2. The highest BCUT2D eigenvalue weighted by Gasteiger charge is 2.50. The lowest BCUT2D eigenvalue weighted by atomic mass is 9.82. The first-order chi connectivity index (χ1) is 18.8. The van der Waals surface area contributed by atoms with Gasteiger partial charge in [0.25, 0.3) is 0 Å². The Hall–Kier alpha value is -3.62. The summed E-state index contributed by atoms with van der Waals surface area (Å²) in [4.78, 5) is 0.250. The van der Waals surface area contributed by atoms with Gasteiger partial charge in [0.05, 0.1) is 27.4 Å². The fourth-order valence-corrected chi connectivity index (χ4v) is 10.6. The van der Waals surface area contributed by atoms with Gasteiger partial charge < -0.3 is 9.47 Å². The van der Waals surface area contributed by atoms with Crippen LogP contribution in [0.2, 0.25) is 0 Å². The Morgan fingerprint density at radius 3 is 2.13 bits per heavy atom. The number of ether oxygens (including phenoxy) is 2. The van der Waals surface area contributed by atoms with Gasteiger partial charge in [-0.15, -0.1) is 0 Å². The Morgan fingerprint density at radius 2 is 1.46 bits per heavy atom. The maximum absolute atomic E-state index is 14.4. The maximum Gasteiger partial charge on any atom is 0.183 e. The predicted molar refractivity (Wildman–Crippen MR) is 151 cm³/mol. The van der Waals surface area contributed by atoms with Gasteiger partial charge in [0.15, 0.2) is 19.7 Å². The van der Waals surface area contributed by atoms with Crippen LogP contribution in [0, 0.1) is 5.92 Å². The summed E-state index contributed by atoms with van der Waals surface area (Å²) in [5, 5.41) is -0.460. The van der Waals surface area contributed by atoms with E-state index in [0.29, 0.717) is 17.9 Å². The van der Waals surface area contributed by atoms with Crippen molar-refractivity contribution in [1.82, 2.24) is 0 Å². The molecule has 2 aliphatic rings. The third-order valence-electron chi connectivity index (χ3n) is 7.87. The Morgan fingerprint density at radius 1 is 0.795 bits per heavy atom. The summed E-state index contributed by atoms with van der Waals surface area (Å²) in [6, 6.07) is 25.9. The largest absolute Gasteiger partial charge is 0.497 e. The molecular formula is C31H28O6S2. The van der Waals surface area contributed by atoms with E-state index >= 15 is 0 Å². The van der Waals surface area contributed by atoms with E-state index < -0.39 is 36.1 Å². The number of allylic oxidation sites excluding steroid dienone is 1. The minimum absolute atomic E-state index is 0.0947. The van der Waals surface area contributed by atoms with Crippen LogP contribution in [-0.4, -0.2) is 41.1 Å². The number of benzene rings is 4. The first-order valence-corrected chi connectivity index (χ1v) is 15.9. The maximum atomic E-state index is 14.4. The summed E-state index contributed by atoms with van der Waals surface area (Å²) in [5.74, 6) is 0.816. The molecule has 200 valence electrons. The van der Waals surface area contributed by atoms with Gasteiger partial charge in [-0.25, -0.2) is 16.8 Å². The molecule has 0 bridgehead atoms. The topological polar surface area (TPSA) is 86.7 Å². The van der Waals surface area contributed by atoms with E-state index in [4.69, 9.17) is 9.47 Å². The van der Waals surface area contributed by atoms with E-state index in [1.807, 2.05) is 36.4 Å². The minimum Gasteiger partial charge on any atom is -0.497 e. The molecule has 1 aliphatic heterocycles. The van der Waals surface area contributed by atoms with Crippen LogP contribution >= 0.6 is 0 Å². The fourth-order valence-electron chi connectivity index (χ4n) is 5.91. The van der Waals surface area contributed by atoms with Crippen LogP contribution < -0.4 is 9.47 Å². The Balaban J connectivity index is 1.54. The molecule has 1 heterocycles. The normalized spacial score (nSPS) is 21.2. The molecule has 0 radical (unpaired) electrons. The van der Waals surface area contributed by atoms with Gasteiger partial charge in [-0.05, 0) is 71.7 Å². The summed E-state index contributed by atoms with van der Waals surface area (Å²) < 4.78 is 68.4. The lowest BCUT2D eigenvalue weighted by Gasteiger charge is -2.37. The molecule has 0 aromatic heterocycles. The first-order valence-electron chi connectivity index (χ1n) is 12.8. The predicted octanol–water partition coefficient (Wildman–Crippen LogP) is 5.41. The third-order valence-corrected chi connectivity index (χ3v) is 12.6. The molecule has 1 aliphatic carbocycles. The molecule has 39 heavy (non-hydrogen) atoms. The van der Waals surface area contributed by atoms with Crippen molar-refractivity contribution >= 4 is 30.4 Å². The number of rotatable bonds is 5. The van der Waals surface area contributed by atoms with E-state index in [0.717, 1.165) is 21.9 Å². The monoisotopic (exact) mass is 560 g/mol. The van der Waals surface area contributed by atoms with E-state index in [1.54, 1.807) is 55.6 Å². The Labute approximate surface area is 228 Å². The second kappa shape index (κ2) is 9.84. The molecule has 0 unspecified atom stereocenters. The van der Waals surface area contributed by atoms with Crippen molar-refractivity contribution in [2.75, 3.05) is 13.7 Å². The smallest absolute Gasteiger partial charge is 0.183 e. The average Bonchev–Trinajstić information content (AvgIpc) is 3.16. The van der Waals surface area contributed by atoms with Crippen molar-refractivity contribution in [3.8, 4) is 11.5 Å². The highest BCUT2D eigenvalue weighted by Crippen LogP contribution is 2.44. The van der Waals surface area contributed by atoms with E-state index in [-0.39, 0.29) is 22.8 Å². The minimum atomic E-state index is -4.05. The Bertz CT molecular complexity index is 1780. The molecule has 0 spiro atoms. The lowest BCUT2D eigenvalue weighted by Crippen LogP contribution is -2.48. The number of hydrogen-bond acceptors (Lipinski definition) is 6. The summed E-state index contributed by atoms with van der Waals surface area (Å²) in [5.41, 5.74) is 1.69. The average molecular weight is 561 g/mol. The Kier molecular flexibility index (Phi) is 6.47. The molecule has 0 saturated carbocycles. The van der Waals surface area contributed by atoms with Crippen molar-refractivity contribution in [2.45, 2.75) is 33.1 Å². The second-order valence-electron chi connectivity index (χ2n) is 9.96. The van der Waals surface area contributed by atoms with Crippen LogP contribution in [0.15, 0.2) is 112 Å². The standard InChI is InChI=1S/C31H28O6S2/c1-36-23-14-15-26-21(18-23)12-16-29-28(26)19-27-22(20-37-29)13-17-30(38(32,33)24-8-4-2-5-9-24)31(27)39(34,35)25-10-6-3-7-11-25/h2-16,18,27,30-31H,17,19-20H2,1H3/t27-,30+,31+/m1/s1. The van der Waals surface area contributed by atoms with Crippen LogP contribution in [0.3, 0.4) is 0 Å². The van der Waals surface area contributed by atoms with Crippen molar-refractivity contribution < 1.29 is 26.3 Å². The number of hydrogen-bond donors (Lipinski definition) is 0. The fraction of sp³-hybridized carbons (Fsp3) is 0.226. The number of sulfone groups is 2. The SMILES string of the molecule is COc1ccc2c3c(ccc2c1)OCC1=CC[C@H](S(=O)(=O)c2ccccc2)[C@@H](S(=O)(=O)c2ccccc2)[C@@H]1C3. The van der Waals surface area contributed by atoms with Crippen molar-refractivity contribution in [3.63, 3.8) is 0 Å². The summed E-state index contributed by atoms with van der Waals surface area (Å²) in [7, 11) is -6.42. The molecule has 0 N–H and O–H groups in total. The molecular weight excluding hydrogens is 532 g/mol. The molecule has 4 aromatic carbocycles. The zero-order chi connectivity index (χ0) is 27.2. The third kappa shape index (κ3) is 4.41. The van der Waals surface area contributed by atoms with Crippen molar-refractivity contribution in [3.05, 3.63) is 108 Å². The van der Waals surface area contributed by atoms with Crippen LogP contribution in [0.4, 0.5) is 0 Å². The van der Waals surface area contributed by atoms with Crippen LogP contribution in [-0.2, 0) is 26.1 Å². The van der Waals surface area contributed by atoms with Gasteiger partial charge in [0, 0.05) is 11.5 Å². The number of fused-ring (bicyclic) bond motifs is 4. The summed E-state index contributed by atoms with van der Waals surface area (Å²) in [6.07, 6.45) is 2.31. The van der Waals surface area contributed by atoms with Crippen LogP contribution in [0.25, 0.3) is 10.8 Å².